The molecule has 5 heteroatoms. The standard InChI is InChI=1S/C10H13BrN2O2/c1-10(2,15-3)9(14)13-8-6-4-5-7(11)12-8/h4-6H,1-3H3,(H,12,13,14). The summed E-state index contributed by atoms with van der Waals surface area (Å²) in [6.45, 7) is 3.39. The van der Waals surface area contributed by atoms with Crippen molar-refractivity contribution in [2.75, 3.05) is 12.4 Å². The van der Waals surface area contributed by atoms with Crippen molar-refractivity contribution in [1.82, 2.24) is 4.98 Å². The lowest BCUT2D eigenvalue weighted by Crippen LogP contribution is -2.39. The normalized spacial score (nSPS) is 11.2. The molecule has 0 saturated heterocycles. The molecule has 0 aliphatic carbocycles. The van der Waals surface area contributed by atoms with Gasteiger partial charge >= 0.3 is 0 Å². The number of aromatic nitrogens is 1. The van der Waals surface area contributed by atoms with Crippen molar-refractivity contribution in [1.29, 1.82) is 0 Å². The summed E-state index contributed by atoms with van der Waals surface area (Å²) in [4.78, 5) is 15.8. The van der Waals surface area contributed by atoms with Crippen LogP contribution in [0.1, 0.15) is 13.8 Å². The first-order chi connectivity index (χ1) is 6.95. The van der Waals surface area contributed by atoms with Crippen molar-refractivity contribution in [2.45, 2.75) is 19.4 Å². The molecule has 1 aromatic heterocycles. The molecule has 0 saturated carbocycles. The first kappa shape index (κ1) is 12.1. The van der Waals surface area contributed by atoms with E-state index in [-0.39, 0.29) is 5.91 Å². The Morgan fingerprint density at radius 1 is 1.53 bits per heavy atom. The van der Waals surface area contributed by atoms with Crippen LogP contribution in [0.2, 0.25) is 0 Å². The van der Waals surface area contributed by atoms with E-state index in [1.54, 1.807) is 32.0 Å². The van der Waals surface area contributed by atoms with Crippen LogP contribution in [0.3, 0.4) is 0 Å². The molecule has 4 nitrogen and oxygen atoms in total. The van der Waals surface area contributed by atoms with E-state index in [1.807, 2.05) is 0 Å². The molecule has 1 aromatic rings. The van der Waals surface area contributed by atoms with Crippen molar-refractivity contribution in [3.8, 4) is 0 Å². The predicted molar refractivity (Wildman–Crippen MR) is 61.7 cm³/mol. The van der Waals surface area contributed by atoms with Crippen molar-refractivity contribution >= 4 is 27.7 Å². The van der Waals surface area contributed by atoms with Gasteiger partial charge in [0.2, 0.25) is 0 Å². The minimum atomic E-state index is -0.857. The SMILES string of the molecule is COC(C)(C)C(=O)Nc1cccc(Br)n1. The summed E-state index contributed by atoms with van der Waals surface area (Å²) in [5.74, 6) is 0.273. The lowest BCUT2D eigenvalue weighted by atomic mass is 10.1. The van der Waals surface area contributed by atoms with E-state index in [1.165, 1.54) is 7.11 Å². The Labute approximate surface area is 97.2 Å². The van der Waals surface area contributed by atoms with Crippen molar-refractivity contribution < 1.29 is 9.53 Å². The van der Waals surface area contributed by atoms with Gasteiger partial charge in [-0.2, -0.15) is 0 Å². The van der Waals surface area contributed by atoms with Crippen LogP contribution < -0.4 is 5.32 Å². The number of hydrogen-bond donors (Lipinski definition) is 1. The minimum absolute atomic E-state index is 0.226. The maximum Gasteiger partial charge on any atom is 0.257 e. The van der Waals surface area contributed by atoms with Gasteiger partial charge < -0.3 is 10.1 Å². The van der Waals surface area contributed by atoms with Gasteiger partial charge in [-0.25, -0.2) is 4.98 Å². The zero-order valence-electron chi connectivity index (χ0n) is 8.87. The molecule has 1 amide bonds. The number of ether oxygens (including phenoxy) is 1. The Morgan fingerprint density at radius 2 is 2.20 bits per heavy atom. The van der Waals surface area contributed by atoms with Gasteiger partial charge in [0.1, 0.15) is 16.0 Å². The van der Waals surface area contributed by atoms with Gasteiger partial charge in [-0.3, -0.25) is 4.79 Å². The molecule has 0 bridgehead atoms. The van der Waals surface area contributed by atoms with Crippen LogP contribution in [0.25, 0.3) is 0 Å². The largest absolute Gasteiger partial charge is 0.369 e. The van der Waals surface area contributed by atoms with Crippen molar-refractivity contribution in [3.63, 3.8) is 0 Å². The van der Waals surface area contributed by atoms with Gasteiger partial charge in [0, 0.05) is 7.11 Å². The van der Waals surface area contributed by atoms with E-state index >= 15 is 0 Å². The maximum atomic E-state index is 11.7. The first-order valence-electron chi connectivity index (χ1n) is 4.45. The van der Waals surface area contributed by atoms with Gasteiger partial charge in [-0.15, -0.1) is 0 Å². The van der Waals surface area contributed by atoms with E-state index in [9.17, 15) is 4.79 Å². The third kappa shape index (κ3) is 3.28. The number of nitrogens with one attached hydrogen (secondary N) is 1. The van der Waals surface area contributed by atoms with Gasteiger partial charge in [-0.1, -0.05) is 6.07 Å². The predicted octanol–water partition coefficient (Wildman–Crippen LogP) is 2.21. The third-order valence-electron chi connectivity index (χ3n) is 2.01. The first-order valence-corrected chi connectivity index (χ1v) is 5.24. The van der Waals surface area contributed by atoms with E-state index in [0.29, 0.717) is 10.4 Å². The summed E-state index contributed by atoms with van der Waals surface area (Å²) in [5.41, 5.74) is -0.857. The van der Waals surface area contributed by atoms with Crippen LogP contribution in [-0.2, 0) is 9.53 Å². The minimum Gasteiger partial charge on any atom is -0.369 e. The Balaban J connectivity index is 2.75. The zero-order chi connectivity index (χ0) is 11.5. The van der Waals surface area contributed by atoms with Gasteiger partial charge in [0.25, 0.3) is 5.91 Å². The number of rotatable bonds is 3. The molecule has 15 heavy (non-hydrogen) atoms. The fourth-order valence-corrected chi connectivity index (χ4v) is 1.18. The average molecular weight is 273 g/mol. The van der Waals surface area contributed by atoms with E-state index < -0.39 is 5.60 Å². The quantitative estimate of drug-likeness (QED) is 0.859. The van der Waals surface area contributed by atoms with E-state index in [2.05, 4.69) is 26.2 Å². The van der Waals surface area contributed by atoms with E-state index in [0.717, 1.165) is 0 Å². The highest BCUT2D eigenvalue weighted by Crippen LogP contribution is 2.14. The fourth-order valence-electron chi connectivity index (χ4n) is 0.837. The summed E-state index contributed by atoms with van der Waals surface area (Å²) in [5, 5.41) is 2.67. The highest BCUT2D eigenvalue weighted by Gasteiger charge is 2.27. The summed E-state index contributed by atoms with van der Waals surface area (Å²) < 4.78 is 5.73. The van der Waals surface area contributed by atoms with Crippen LogP contribution in [0.15, 0.2) is 22.8 Å². The Morgan fingerprint density at radius 3 is 2.73 bits per heavy atom. The monoisotopic (exact) mass is 272 g/mol. The third-order valence-corrected chi connectivity index (χ3v) is 2.46. The number of halogens is 1. The number of carbonyl (C=O) groups excluding carboxylic acids is 1. The molecular formula is C10H13BrN2O2. The topological polar surface area (TPSA) is 51.2 Å². The number of carbonyl (C=O) groups is 1. The molecule has 1 heterocycles. The summed E-state index contributed by atoms with van der Waals surface area (Å²) in [7, 11) is 1.49. The van der Waals surface area contributed by atoms with Crippen LogP contribution in [0.4, 0.5) is 5.82 Å². The number of nitrogens with zero attached hydrogens (tertiary/aromatic N) is 1. The molecule has 0 spiro atoms. The van der Waals surface area contributed by atoms with Crippen LogP contribution in [0.5, 0.6) is 0 Å². The lowest BCUT2D eigenvalue weighted by Gasteiger charge is -2.21. The molecule has 1 N–H and O–H groups in total. The number of methoxy groups -OCH3 is 1. The van der Waals surface area contributed by atoms with Crippen LogP contribution >= 0.6 is 15.9 Å². The average Bonchev–Trinajstić information content (AvgIpc) is 2.17. The number of pyridine rings is 1. The molecule has 0 aliphatic rings. The molecule has 82 valence electrons. The Bertz CT molecular complexity index is 366. The summed E-state index contributed by atoms with van der Waals surface area (Å²) >= 11 is 3.23. The highest BCUT2D eigenvalue weighted by atomic mass is 79.9. The lowest BCUT2D eigenvalue weighted by molar-refractivity contribution is -0.133. The second kappa shape index (κ2) is 4.72. The number of anilines is 1. The Kier molecular flexibility index (Phi) is 3.82. The molecule has 0 aromatic carbocycles. The van der Waals surface area contributed by atoms with Gasteiger partial charge in [-0.05, 0) is 41.9 Å². The molecule has 1 rings (SSSR count). The van der Waals surface area contributed by atoms with Crippen LogP contribution in [0, 0.1) is 0 Å². The second-order valence-electron chi connectivity index (χ2n) is 3.51. The fraction of sp³-hybridized carbons (Fsp3) is 0.400. The Hall–Kier alpha value is -0.940. The number of amides is 1. The number of hydrogen-bond acceptors (Lipinski definition) is 3. The molecule has 0 unspecified atom stereocenters. The van der Waals surface area contributed by atoms with Crippen molar-refractivity contribution in [2.24, 2.45) is 0 Å². The molecular weight excluding hydrogens is 260 g/mol. The molecule has 0 fully saturated rings. The van der Waals surface area contributed by atoms with E-state index in [4.69, 9.17) is 4.74 Å². The molecule has 0 atom stereocenters. The molecule has 0 radical (unpaired) electrons. The second-order valence-corrected chi connectivity index (χ2v) is 4.33. The van der Waals surface area contributed by atoms with Gasteiger partial charge in [0.05, 0.1) is 0 Å². The molecule has 0 aliphatic heterocycles. The van der Waals surface area contributed by atoms with Crippen molar-refractivity contribution in [3.05, 3.63) is 22.8 Å². The van der Waals surface area contributed by atoms with Gasteiger partial charge in [0.15, 0.2) is 0 Å². The summed E-state index contributed by atoms with van der Waals surface area (Å²) in [6.07, 6.45) is 0. The highest BCUT2D eigenvalue weighted by molar-refractivity contribution is 9.10. The van der Waals surface area contributed by atoms with Crippen LogP contribution in [-0.4, -0.2) is 23.6 Å². The maximum absolute atomic E-state index is 11.7. The summed E-state index contributed by atoms with van der Waals surface area (Å²) in [6, 6.07) is 5.30. The zero-order valence-corrected chi connectivity index (χ0v) is 10.5. The smallest absolute Gasteiger partial charge is 0.257 e.